The van der Waals surface area contributed by atoms with Gasteiger partial charge in [0.2, 0.25) is 5.78 Å². The molecule has 1 amide bonds. The van der Waals surface area contributed by atoms with E-state index in [-0.39, 0.29) is 29.5 Å². The summed E-state index contributed by atoms with van der Waals surface area (Å²) in [7, 11) is 6.54. The van der Waals surface area contributed by atoms with Gasteiger partial charge in [-0.05, 0) is 98.8 Å². The number of nitrogens with zero attached hydrogens (tertiary/aromatic N) is 8. The first-order chi connectivity index (χ1) is 38.7. The SMILES string of the molecule is CCOC(=O)C(=O)CBr.CCOC(=O)c1cn2c(n1)sc1cc(OC)ccc12.COc1ccc2c(c1)sc1nc(C(=O)Nc3cccnc3)cn12.COc1ccc2c(c1)sc1nc(C(=O)O)cn12.COc1ccc2nc(N)sc2c1. The van der Waals surface area contributed by atoms with Gasteiger partial charge in [-0.25, -0.2) is 34.3 Å². The minimum Gasteiger partial charge on any atom is -0.497 e. The van der Waals surface area contributed by atoms with Crippen LogP contribution in [0.25, 0.3) is 55.7 Å². The standard InChI is InChI=1S/C16H12N4O2S.C13H12N2O3S.C11H8N2O3S.C8H8N2OS.C5H7BrO3/c1-22-11-4-5-13-14(7-11)23-16-19-12(9-20(13)16)15(21)18-10-3-2-6-17-8-10;1-3-18-12(16)9-7-15-10-5-4-8(17-2)6-11(10)19-13(15)14-9;1-16-6-2-3-8-9(4-6)17-11-12-7(10(14)15)5-13(8)11;1-11-5-2-3-6-7(4-5)12-8(9)10-6;1-2-9-5(8)4(7)3-6/h2-9H,1H3,(H,18,21);4-7H,3H2,1-2H3;2-5H,1H3,(H,14,15);2-4H,1H3,(H2,9,10);2-3H2,1H3. The first-order valence-electron chi connectivity index (χ1n) is 23.6. The van der Waals surface area contributed by atoms with E-state index in [1.165, 1.54) is 51.5 Å². The molecule has 8 heterocycles. The van der Waals surface area contributed by atoms with Gasteiger partial charge in [-0.1, -0.05) is 61.3 Å². The fourth-order valence-corrected chi connectivity index (χ4v) is 11.4. The number of aromatic nitrogens is 8. The lowest BCUT2D eigenvalue weighted by Crippen LogP contribution is -2.17. The van der Waals surface area contributed by atoms with E-state index < -0.39 is 17.7 Å². The number of imidazole rings is 3. The maximum atomic E-state index is 12.3. The van der Waals surface area contributed by atoms with E-state index in [0.29, 0.717) is 33.8 Å². The fraction of sp³-hybridized carbons (Fsp3) is 0.170. The third-order valence-corrected chi connectivity index (χ3v) is 15.4. The second kappa shape index (κ2) is 26.3. The summed E-state index contributed by atoms with van der Waals surface area (Å²) >= 11 is 8.77. The minimum absolute atomic E-state index is 0.0336. The van der Waals surface area contributed by atoms with E-state index in [2.05, 4.69) is 50.9 Å². The molecular weight excluding hydrogens is 1180 g/mol. The molecule has 0 aliphatic heterocycles. The van der Waals surface area contributed by atoms with Crippen molar-refractivity contribution in [1.82, 2.24) is 38.1 Å². The van der Waals surface area contributed by atoms with Crippen molar-refractivity contribution in [2.75, 3.05) is 58.0 Å². The van der Waals surface area contributed by atoms with E-state index in [0.717, 1.165) is 73.8 Å². The van der Waals surface area contributed by atoms with Gasteiger partial charge in [0.1, 0.15) is 28.7 Å². The Labute approximate surface area is 478 Å². The highest BCUT2D eigenvalue weighted by molar-refractivity contribution is 9.09. The number of ketones is 1. The van der Waals surface area contributed by atoms with Gasteiger partial charge < -0.3 is 44.6 Å². The molecule has 0 spiro atoms. The molecule has 12 rings (SSSR count). The van der Waals surface area contributed by atoms with E-state index in [1.54, 1.807) is 83.6 Å². The van der Waals surface area contributed by atoms with Crippen molar-refractivity contribution in [3.8, 4) is 23.0 Å². The summed E-state index contributed by atoms with van der Waals surface area (Å²) in [6.45, 7) is 4.02. The zero-order chi connectivity index (χ0) is 57.0. The molecular formula is C53H47BrN10O12S4. The number of aromatic carboxylic acids is 1. The number of halogens is 1. The van der Waals surface area contributed by atoms with E-state index >= 15 is 0 Å². The van der Waals surface area contributed by atoms with E-state index in [4.69, 9.17) is 34.5 Å². The van der Waals surface area contributed by atoms with Crippen LogP contribution in [0.2, 0.25) is 0 Å². The average Bonchev–Trinajstić information content (AvgIpc) is 4.41. The summed E-state index contributed by atoms with van der Waals surface area (Å²) < 4.78 is 39.7. The second-order valence-electron chi connectivity index (χ2n) is 16.0. The number of carbonyl (C=O) groups excluding carboxylic acids is 4. The van der Waals surface area contributed by atoms with Crippen molar-refractivity contribution in [3.63, 3.8) is 0 Å². The summed E-state index contributed by atoms with van der Waals surface area (Å²) in [6, 6.07) is 26.5. The number of nitrogen functional groups attached to an aromatic ring is 1. The first-order valence-corrected chi connectivity index (χ1v) is 28.0. The molecule has 0 saturated carbocycles. The highest BCUT2D eigenvalue weighted by atomic mass is 79.9. The summed E-state index contributed by atoms with van der Waals surface area (Å²) in [5, 5.41) is 12.3. The number of hydrogen-bond donors (Lipinski definition) is 3. The molecule has 22 nitrogen and oxygen atoms in total. The number of rotatable bonds is 12. The summed E-state index contributed by atoms with van der Waals surface area (Å²) in [4.78, 5) is 78.5. The molecule has 0 aliphatic carbocycles. The van der Waals surface area contributed by atoms with Crippen LogP contribution in [-0.4, -0.2) is 120 Å². The number of thiazole rings is 4. The number of ether oxygens (including phenoxy) is 6. The number of carbonyl (C=O) groups is 5. The van der Waals surface area contributed by atoms with Crippen LogP contribution in [0.5, 0.6) is 23.0 Å². The predicted octanol–water partition coefficient (Wildman–Crippen LogP) is 10.6. The number of hydrogen-bond acceptors (Lipinski definition) is 21. The van der Waals surface area contributed by atoms with Gasteiger partial charge in [0.15, 0.2) is 31.4 Å². The molecule has 4 N–H and O–H groups in total. The van der Waals surface area contributed by atoms with Crippen molar-refractivity contribution < 1.29 is 57.5 Å². The number of benzene rings is 4. The third kappa shape index (κ3) is 13.4. The van der Waals surface area contributed by atoms with Crippen LogP contribution in [-0.2, 0) is 19.1 Å². The Morgan fingerprint density at radius 2 is 1.06 bits per heavy atom. The molecule has 12 aromatic rings. The normalized spacial score (nSPS) is 10.7. The number of carboxylic acid groups (broad SMARTS) is 1. The number of anilines is 2. The van der Waals surface area contributed by atoms with Crippen molar-refractivity contribution >= 4 is 157 Å². The van der Waals surface area contributed by atoms with Gasteiger partial charge in [-0.2, -0.15) is 0 Å². The minimum atomic E-state index is -1.01. The third-order valence-electron chi connectivity index (χ3n) is 11.0. The number of fused-ring (bicyclic) bond motifs is 10. The van der Waals surface area contributed by atoms with Crippen LogP contribution in [0.15, 0.2) is 116 Å². The Kier molecular flexibility index (Phi) is 18.8. The van der Waals surface area contributed by atoms with Crippen LogP contribution in [0.3, 0.4) is 0 Å². The Hall–Kier alpha value is -8.76. The average molecular weight is 1220 g/mol. The summed E-state index contributed by atoms with van der Waals surface area (Å²) in [5.41, 5.74) is 10.8. The number of Topliss-reactive ketones (excluding diaryl/α,β-unsaturated/α-hetero) is 1. The molecule has 0 bridgehead atoms. The Morgan fingerprint density at radius 3 is 1.52 bits per heavy atom. The quantitative estimate of drug-likeness (QED) is 0.0582. The zero-order valence-electron chi connectivity index (χ0n) is 43.2. The molecule has 0 fully saturated rings. The number of pyridine rings is 1. The first kappa shape index (κ1) is 57.4. The Bertz CT molecular complexity index is 4190. The van der Waals surface area contributed by atoms with Gasteiger partial charge >= 0.3 is 17.9 Å². The van der Waals surface area contributed by atoms with Crippen molar-refractivity contribution in [1.29, 1.82) is 0 Å². The lowest BCUT2D eigenvalue weighted by atomic mass is 10.3. The van der Waals surface area contributed by atoms with Gasteiger partial charge in [-0.15, -0.1) is 0 Å². The number of nitrogens with two attached hydrogens (primary N) is 1. The largest absolute Gasteiger partial charge is 0.497 e. The second-order valence-corrected chi connectivity index (χ2v) is 20.7. The number of esters is 2. The van der Waals surface area contributed by atoms with E-state index in [1.807, 2.05) is 81.6 Å². The zero-order valence-corrected chi connectivity index (χ0v) is 48.0. The lowest BCUT2D eigenvalue weighted by molar-refractivity contribution is -0.152. The molecule has 80 heavy (non-hydrogen) atoms. The Balaban J connectivity index is 0.000000136. The summed E-state index contributed by atoms with van der Waals surface area (Å²) in [6.07, 6.45) is 8.23. The molecule has 8 aromatic heterocycles. The van der Waals surface area contributed by atoms with Crippen LogP contribution in [0.1, 0.15) is 45.3 Å². The van der Waals surface area contributed by atoms with Crippen LogP contribution >= 0.6 is 61.3 Å². The van der Waals surface area contributed by atoms with E-state index in [9.17, 15) is 24.0 Å². The maximum absolute atomic E-state index is 12.3. The lowest BCUT2D eigenvalue weighted by Gasteiger charge is -2.01. The van der Waals surface area contributed by atoms with Crippen LogP contribution < -0.4 is 30.0 Å². The van der Waals surface area contributed by atoms with Gasteiger partial charge in [-0.3, -0.25) is 27.8 Å². The number of carboxylic acids is 1. The number of methoxy groups -OCH3 is 4. The van der Waals surface area contributed by atoms with Crippen molar-refractivity contribution in [3.05, 3.63) is 133 Å². The number of amides is 1. The molecule has 0 radical (unpaired) electrons. The van der Waals surface area contributed by atoms with Gasteiger partial charge in [0.25, 0.3) is 5.91 Å². The molecule has 0 saturated heterocycles. The molecule has 27 heteroatoms. The molecule has 4 aromatic carbocycles. The fourth-order valence-electron chi connectivity index (χ4n) is 7.29. The molecule has 0 aliphatic rings. The predicted molar refractivity (Wildman–Crippen MR) is 313 cm³/mol. The monoisotopic (exact) mass is 1220 g/mol. The molecule has 412 valence electrons. The molecule has 0 unspecified atom stereocenters. The number of alkyl halides is 1. The summed E-state index contributed by atoms with van der Waals surface area (Å²) in [5.74, 6) is 0.259. The van der Waals surface area contributed by atoms with Crippen molar-refractivity contribution in [2.45, 2.75) is 13.8 Å². The highest BCUT2D eigenvalue weighted by Crippen LogP contribution is 2.33. The smallest absolute Gasteiger partial charge is 0.375 e. The van der Waals surface area contributed by atoms with Gasteiger partial charge in [0, 0.05) is 24.8 Å². The molecule has 0 atom stereocenters. The highest BCUT2D eigenvalue weighted by Gasteiger charge is 2.18. The van der Waals surface area contributed by atoms with Crippen LogP contribution in [0, 0.1) is 0 Å². The Morgan fingerprint density at radius 1 is 0.600 bits per heavy atom. The maximum Gasteiger partial charge on any atom is 0.375 e. The van der Waals surface area contributed by atoms with Crippen molar-refractivity contribution in [2.24, 2.45) is 0 Å². The topological polar surface area (TPSA) is 277 Å². The van der Waals surface area contributed by atoms with Crippen LogP contribution in [0.4, 0.5) is 10.8 Å². The number of nitrogens with one attached hydrogen (secondary N) is 1. The van der Waals surface area contributed by atoms with Gasteiger partial charge in [0.05, 0.1) is 99.7 Å².